The third kappa shape index (κ3) is 76.6. The lowest BCUT2D eigenvalue weighted by atomic mass is 10.0. The molecule has 0 aliphatic rings. The predicted molar refractivity (Wildman–Crippen MR) is 417 cm³/mol. The number of allylic oxidation sites excluding steroid dienone is 22. The third-order valence-electron chi connectivity index (χ3n) is 16.3. The average molecular weight is 1460 g/mol. The highest BCUT2D eigenvalue weighted by Gasteiger charge is 2.29. The fourth-order valence-electron chi connectivity index (χ4n) is 10.3. The van der Waals surface area contributed by atoms with E-state index in [1.807, 2.05) is 0 Å². The van der Waals surface area contributed by atoms with Crippen LogP contribution in [0.3, 0.4) is 0 Å². The van der Waals surface area contributed by atoms with Crippen molar-refractivity contribution in [3.05, 3.63) is 134 Å². The van der Waals surface area contributed by atoms with Gasteiger partial charge in [-0.05, 0) is 135 Å². The normalized spacial score (nSPS) is 14.7. The van der Waals surface area contributed by atoms with E-state index in [0.29, 0.717) is 19.3 Å². The van der Waals surface area contributed by atoms with Crippen LogP contribution in [0.2, 0.25) is 0 Å². The fraction of sp³-hybridized carbons (Fsp3) is 0.699. The number of esters is 3. The lowest BCUT2D eigenvalue weighted by Gasteiger charge is -2.21. The van der Waals surface area contributed by atoms with Gasteiger partial charge >= 0.3 is 33.6 Å². The molecule has 0 saturated heterocycles. The summed E-state index contributed by atoms with van der Waals surface area (Å²) >= 11 is 0. The summed E-state index contributed by atoms with van der Waals surface area (Å²) in [5, 5.41) is 20.6. The van der Waals surface area contributed by atoms with Crippen molar-refractivity contribution >= 4 is 33.6 Å². The number of unbranched alkanes of at least 4 members (excludes halogenated alkanes) is 29. The maximum atomic E-state index is 12.9. The topological polar surface area (TPSA) is 231 Å². The first kappa shape index (κ1) is 96.7. The van der Waals surface area contributed by atoms with Gasteiger partial charge in [-0.3, -0.25) is 32.5 Å². The van der Waals surface area contributed by atoms with Crippen LogP contribution < -0.4 is 0 Å². The Labute approximate surface area is 614 Å². The molecule has 5 atom stereocenters. The minimum atomic E-state index is -4.93. The van der Waals surface area contributed by atoms with E-state index in [-0.39, 0.29) is 19.3 Å². The SMILES string of the molecule is CC/C=C\C/C=C\C/C=C\C/C=C\C/C=C\C/C=C\CCCCCCCCCCCCCCCCC(=O)OCC(O)COP(=O)(O)OCC(O)COP(=O)(O)OCC(COC(=O)CCCCCCC/C=C\C/C=C\C/C=C\C/C=C\CCCCC)OC(=O)CCCCCCC/C=C\CCCC. The smallest absolute Gasteiger partial charge is 0.463 e. The Morgan fingerprint density at radius 1 is 0.287 bits per heavy atom. The van der Waals surface area contributed by atoms with Gasteiger partial charge in [-0.25, -0.2) is 9.13 Å². The molecule has 0 amide bonds. The molecule has 0 aliphatic carbocycles. The third-order valence-corrected chi connectivity index (χ3v) is 18.2. The number of phosphoric ester groups is 2. The van der Waals surface area contributed by atoms with Crippen molar-refractivity contribution in [3.8, 4) is 0 Å². The zero-order valence-electron chi connectivity index (χ0n) is 63.3. The molecule has 0 fully saturated rings. The number of aliphatic hydroxyl groups excluding tert-OH is 2. The predicted octanol–water partition coefficient (Wildman–Crippen LogP) is 23.1. The molecule has 5 unspecified atom stereocenters. The van der Waals surface area contributed by atoms with E-state index in [0.717, 1.165) is 154 Å². The van der Waals surface area contributed by atoms with Gasteiger partial charge < -0.3 is 34.2 Å². The van der Waals surface area contributed by atoms with Crippen LogP contribution in [0, 0.1) is 0 Å². The minimum Gasteiger partial charge on any atom is -0.463 e. The van der Waals surface area contributed by atoms with E-state index in [1.54, 1.807) is 0 Å². The van der Waals surface area contributed by atoms with Gasteiger partial charge in [0.1, 0.15) is 25.4 Å². The van der Waals surface area contributed by atoms with Gasteiger partial charge in [-0.1, -0.05) is 296 Å². The Hall–Kier alpha value is -4.31. The van der Waals surface area contributed by atoms with Gasteiger partial charge in [0, 0.05) is 19.3 Å². The molecule has 0 radical (unpaired) electrons. The van der Waals surface area contributed by atoms with Crippen LogP contribution in [0.25, 0.3) is 0 Å². The largest absolute Gasteiger partial charge is 0.472 e. The van der Waals surface area contributed by atoms with Crippen LogP contribution in [-0.2, 0) is 55.8 Å². The van der Waals surface area contributed by atoms with Crippen LogP contribution in [0.4, 0.5) is 0 Å². The summed E-state index contributed by atoms with van der Waals surface area (Å²) in [4.78, 5) is 58.5. The summed E-state index contributed by atoms with van der Waals surface area (Å²) in [7, 11) is -9.79. The number of carbonyl (C=O) groups is 3. The summed E-state index contributed by atoms with van der Waals surface area (Å²) in [5.74, 6) is -1.61. The van der Waals surface area contributed by atoms with E-state index < -0.39 is 91.5 Å². The maximum Gasteiger partial charge on any atom is 0.472 e. The van der Waals surface area contributed by atoms with Gasteiger partial charge in [0.15, 0.2) is 6.10 Å². The van der Waals surface area contributed by atoms with Gasteiger partial charge in [0.05, 0.1) is 26.4 Å². The number of hydrogen-bond acceptors (Lipinski definition) is 14. The van der Waals surface area contributed by atoms with Gasteiger partial charge in [0.2, 0.25) is 0 Å². The Bertz CT molecular complexity index is 2370. The second kappa shape index (κ2) is 75.4. The van der Waals surface area contributed by atoms with Crippen molar-refractivity contribution in [2.75, 3.05) is 39.6 Å². The van der Waals surface area contributed by atoms with Crippen LogP contribution >= 0.6 is 15.6 Å². The molecule has 4 N–H and O–H groups in total. The standard InChI is InChI=1S/C83H142O16P2/c1-4-7-10-13-16-19-22-24-26-28-30-32-33-34-35-36-37-38-39-40-41-42-43-45-47-48-50-52-55-57-60-63-66-69-81(86)93-72-78(84)73-95-100(89,90)96-74-79(85)75-97-101(91,92)98-77-80(99-83(88)71-68-65-62-59-54-21-18-15-12-9-6-3)76-94-82(87)70-67-64-61-58-56-53-51-49-46-44-31-29-27-25-23-20-17-14-11-8-5-2/h7,10,15-20,24-27,30-32,34-35,37-38,44,49,51,78-80,84-85H,4-6,8-9,11-14,21-23,28-29,33,36,39-43,45-48,50,52-77H2,1-3H3,(H,89,90)(H,91,92)/b10-7-,18-15-,19-16-,20-17-,26-24-,27-25-,32-30-,35-34-,38-37-,44-31-,51-49-. The summed E-state index contributed by atoms with van der Waals surface area (Å²) in [6.45, 7) is 2.47. The first-order chi connectivity index (χ1) is 49.2. The van der Waals surface area contributed by atoms with Crippen LogP contribution in [0.1, 0.15) is 316 Å². The molecule has 0 saturated carbocycles. The molecular weight excluding hydrogens is 1310 g/mol. The van der Waals surface area contributed by atoms with E-state index in [9.17, 15) is 43.5 Å². The van der Waals surface area contributed by atoms with Gasteiger partial charge in [-0.2, -0.15) is 0 Å². The minimum absolute atomic E-state index is 0.0880. The Morgan fingerprint density at radius 2 is 0.535 bits per heavy atom. The number of ether oxygens (including phenoxy) is 3. The monoisotopic (exact) mass is 1460 g/mol. The number of carbonyl (C=O) groups excluding carboxylic acids is 3. The highest BCUT2D eigenvalue weighted by atomic mass is 31.2. The quantitative estimate of drug-likeness (QED) is 0.0146. The molecule has 18 heteroatoms. The first-order valence-electron chi connectivity index (χ1n) is 39.5. The maximum absolute atomic E-state index is 12.9. The molecule has 0 aliphatic heterocycles. The molecule has 16 nitrogen and oxygen atoms in total. The van der Waals surface area contributed by atoms with E-state index in [4.69, 9.17) is 32.3 Å². The van der Waals surface area contributed by atoms with Crippen molar-refractivity contribution < 1.29 is 75.8 Å². The average Bonchev–Trinajstić information content (AvgIpc) is 0.948. The molecule has 0 rings (SSSR count). The molecular formula is C83H142O16P2. The van der Waals surface area contributed by atoms with Crippen molar-refractivity contribution in [1.29, 1.82) is 0 Å². The second-order valence-corrected chi connectivity index (χ2v) is 29.0. The van der Waals surface area contributed by atoms with E-state index >= 15 is 0 Å². The Morgan fingerprint density at radius 3 is 0.871 bits per heavy atom. The summed E-state index contributed by atoms with van der Waals surface area (Å²) in [6, 6.07) is 0. The number of aliphatic hydroxyl groups is 2. The van der Waals surface area contributed by atoms with Crippen molar-refractivity contribution in [3.63, 3.8) is 0 Å². The van der Waals surface area contributed by atoms with Crippen molar-refractivity contribution in [2.45, 2.75) is 334 Å². The first-order valence-corrected chi connectivity index (χ1v) is 42.5. The molecule has 101 heavy (non-hydrogen) atoms. The number of phosphoric acid groups is 2. The number of hydrogen-bond donors (Lipinski definition) is 4. The lowest BCUT2D eigenvalue weighted by Crippen LogP contribution is -2.30. The highest BCUT2D eigenvalue weighted by Crippen LogP contribution is 2.45. The lowest BCUT2D eigenvalue weighted by molar-refractivity contribution is -0.161. The molecule has 0 spiro atoms. The van der Waals surface area contributed by atoms with E-state index in [2.05, 4.69) is 154 Å². The zero-order chi connectivity index (χ0) is 73.7. The molecule has 580 valence electrons. The molecule has 0 aromatic heterocycles. The summed E-state index contributed by atoms with van der Waals surface area (Å²) in [6.07, 6.45) is 90.9. The Kier molecular flexibility index (Phi) is 72.2. The van der Waals surface area contributed by atoms with Crippen molar-refractivity contribution in [1.82, 2.24) is 0 Å². The van der Waals surface area contributed by atoms with Crippen LogP contribution in [-0.4, -0.2) is 95.9 Å². The molecule has 0 aromatic rings. The molecule has 0 heterocycles. The second-order valence-electron chi connectivity index (χ2n) is 26.1. The van der Waals surface area contributed by atoms with Gasteiger partial charge in [0.25, 0.3) is 0 Å². The summed E-state index contributed by atoms with van der Waals surface area (Å²) < 4.78 is 61.0. The number of rotatable bonds is 74. The van der Waals surface area contributed by atoms with E-state index in [1.165, 1.54) is 103 Å². The Balaban J connectivity index is 4.40. The summed E-state index contributed by atoms with van der Waals surface area (Å²) in [5.41, 5.74) is 0. The highest BCUT2D eigenvalue weighted by molar-refractivity contribution is 7.47. The van der Waals surface area contributed by atoms with Crippen LogP contribution in [0.15, 0.2) is 134 Å². The molecule has 0 bridgehead atoms. The fourth-order valence-corrected chi connectivity index (χ4v) is 11.9. The van der Waals surface area contributed by atoms with Gasteiger partial charge in [-0.15, -0.1) is 0 Å². The molecule has 0 aromatic carbocycles. The van der Waals surface area contributed by atoms with Crippen molar-refractivity contribution in [2.24, 2.45) is 0 Å². The zero-order valence-corrected chi connectivity index (χ0v) is 65.1. The van der Waals surface area contributed by atoms with Crippen LogP contribution in [0.5, 0.6) is 0 Å².